The lowest BCUT2D eigenvalue weighted by Gasteiger charge is -2.10. The fraction of sp³-hybridized carbons (Fsp3) is 0.227. The van der Waals surface area contributed by atoms with Gasteiger partial charge in [-0.05, 0) is 51.5 Å². The van der Waals surface area contributed by atoms with Crippen molar-refractivity contribution in [1.29, 1.82) is 0 Å². The van der Waals surface area contributed by atoms with Crippen molar-refractivity contribution in [3.05, 3.63) is 86.0 Å². The van der Waals surface area contributed by atoms with Crippen molar-refractivity contribution in [2.75, 3.05) is 0 Å². The zero-order chi connectivity index (χ0) is 20.7. The van der Waals surface area contributed by atoms with Crippen LogP contribution < -0.4 is 5.56 Å². The lowest BCUT2D eigenvalue weighted by Crippen LogP contribution is -2.16. The number of aromatic nitrogens is 3. The van der Waals surface area contributed by atoms with Crippen molar-refractivity contribution in [2.45, 2.75) is 34.3 Å². The summed E-state index contributed by atoms with van der Waals surface area (Å²) in [5.41, 5.74) is 5.55. The van der Waals surface area contributed by atoms with Gasteiger partial charge in [0.15, 0.2) is 4.96 Å². The largest absolute Gasteiger partial charge is 0.456 e. The van der Waals surface area contributed by atoms with E-state index in [2.05, 4.69) is 11.1 Å². The maximum atomic E-state index is 12.7. The molecule has 0 bridgehead atoms. The second kappa shape index (κ2) is 7.33. The molecular weight excluding hydrogens is 386 g/mol. The Kier molecular flexibility index (Phi) is 4.84. The number of carbonyl (C=O) groups excluding carboxylic acids is 1. The van der Waals surface area contributed by atoms with E-state index in [1.165, 1.54) is 17.4 Å². The Morgan fingerprint density at radius 3 is 2.66 bits per heavy atom. The van der Waals surface area contributed by atoms with E-state index >= 15 is 0 Å². The summed E-state index contributed by atoms with van der Waals surface area (Å²) in [6.45, 7) is 7.71. The molecule has 6 nitrogen and oxygen atoms in total. The van der Waals surface area contributed by atoms with Gasteiger partial charge in [0.05, 0.1) is 11.3 Å². The van der Waals surface area contributed by atoms with Crippen LogP contribution in [0.2, 0.25) is 0 Å². The molecule has 0 saturated carbocycles. The first-order chi connectivity index (χ1) is 13.8. The average molecular weight is 407 g/mol. The summed E-state index contributed by atoms with van der Waals surface area (Å²) in [6, 6.07) is 11.4. The number of thiazole rings is 1. The molecule has 0 fully saturated rings. The molecular formula is C22H21N3O3S. The third-order valence-corrected chi connectivity index (χ3v) is 5.83. The summed E-state index contributed by atoms with van der Waals surface area (Å²) in [4.78, 5) is 30.0. The zero-order valence-electron chi connectivity index (χ0n) is 16.7. The summed E-state index contributed by atoms with van der Waals surface area (Å²) in [5, 5.41) is 1.87. The monoisotopic (exact) mass is 407 g/mol. The Bertz CT molecular complexity index is 1300. The Morgan fingerprint density at radius 2 is 1.90 bits per heavy atom. The summed E-state index contributed by atoms with van der Waals surface area (Å²) in [7, 11) is 0. The molecule has 0 unspecified atom stereocenters. The first-order valence-electron chi connectivity index (χ1n) is 9.25. The third kappa shape index (κ3) is 3.49. The van der Waals surface area contributed by atoms with Crippen LogP contribution in [0.3, 0.4) is 0 Å². The number of carbonyl (C=O) groups is 1. The van der Waals surface area contributed by atoms with Crippen LogP contribution in [0, 0.1) is 27.7 Å². The van der Waals surface area contributed by atoms with E-state index in [-0.39, 0.29) is 12.2 Å². The van der Waals surface area contributed by atoms with E-state index in [0.717, 1.165) is 28.3 Å². The predicted octanol–water partition coefficient (Wildman–Crippen LogP) is 4.14. The quantitative estimate of drug-likeness (QED) is 0.477. The summed E-state index contributed by atoms with van der Waals surface area (Å²) in [5.74, 6) is -0.429. The number of nitrogens with zero attached hydrogens (tertiary/aromatic N) is 3. The highest BCUT2D eigenvalue weighted by molar-refractivity contribution is 7.15. The maximum Gasteiger partial charge on any atom is 0.340 e. The van der Waals surface area contributed by atoms with Gasteiger partial charge in [-0.25, -0.2) is 9.78 Å². The summed E-state index contributed by atoms with van der Waals surface area (Å²) >= 11 is 1.39. The molecule has 0 aliphatic heterocycles. The van der Waals surface area contributed by atoms with Gasteiger partial charge in [-0.1, -0.05) is 12.1 Å². The lowest BCUT2D eigenvalue weighted by atomic mass is 10.2. The SMILES string of the molecule is Cc1cccc(-n2c(C)cc(C(=O)OCc3cc(=O)n4c(C)csc4n3)c2C)c1. The van der Waals surface area contributed by atoms with Crippen LogP contribution in [0.4, 0.5) is 0 Å². The van der Waals surface area contributed by atoms with Gasteiger partial charge in [-0.15, -0.1) is 11.3 Å². The Balaban J connectivity index is 1.58. The Morgan fingerprint density at radius 1 is 1.10 bits per heavy atom. The van der Waals surface area contributed by atoms with Crippen LogP contribution >= 0.6 is 11.3 Å². The number of rotatable bonds is 4. The molecule has 7 heteroatoms. The fourth-order valence-corrected chi connectivity index (χ4v) is 4.42. The van der Waals surface area contributed by atoms with E-state index in [0.29, 0.717) is 16.2 Å². The molecule has 4 rings (SSSR count). The highest BCUT2D eigenvalue weighted by Crippen LogP contribution is 2.22. The van der Waals surface area contributed by atoms with Gasteiger partial charge < -0.3 is 9.30 Å². The van der Waals surface area contributed by atoms with Crippen molar-refractivity contribution < 1.29 is 9.53 Å². The van der Waals surface area contributed by atoms with Crippen LogP contribution in [0.5, 0.6) is 0 Å². The standard InChI is InChI=1S/C22H21N3O3S/c1-13-6-5-7-18(8-13)24-14(2)9-19(16(24)4)21(27)28-11-17-10-20(26)25-15(3)12-29-22(25)23-17/h5-10,12H,11H2,1-4H3. The normalized spacial score (nSPS) is 11.2. The highest BCUT2D eigenvalue weighted by atomic mass is 32.1. The number of benzene rings is 1. The highest BCUT2D eigenvalue weighted by Gasteiger charge is 2.18. The number of aryl methyl sites for hydroxylation is 3. The number of hydrogen-bond acceptors (Lipinski definition) is 5. The third-order valence-electron chi connectivity index (χ3n) is 4.89. The summed E-state index contributed by atoms with van der Waals surface area (Å²) < 4.78 is 9.06. The van der Waals surface area contributed by atoms with Gasteiger partial charge in [0.1, 0.15) is 6.61 Å². The average Bonchev–Trinajstić information content (AvgIpc) is 3.19. The first kappa shape index (κ1) is 19.1. The minimum absolute atomic E-state index is 0.0460. The molecule has 4 aromatic rings. The number of esters is 1. The van der Waals surface area contributed by atoms with Crippen molar-refractivity contribution >= 4 is 22.3 Å². The molecule has 3 aromatic heterocycles. The van der Waals surface area contributed by atoms with Crippen LogP contribution in [-0.2, 0) is 11.3 Å². The van der Waals surface area contributed by atoms with Crippen LogP contribution in [0.15, 0.2) is 46.6 Å². The predicted molar refractivity (Wildman–Crippen MR) is 113 cm³/mol. The minimum atomic E-state index is -0.429. The lowest BCUT2D eigenvalue weighted by molar-refractivity contribution is 0.0467. The molecule has 0 aliphatic carbocycles. The van der Waals surface area contributed by atoms with Gasteiger partial charge in [-0.2, -0.15) is 0 Å². The molecule has 0 saturated heterocycles. The minimum Gasteiger partial charge on any atom is -0.456 e. The smallest absolute Gasteiger partial charge is 0.340 e. The molecule has 0 aliphatic rings. The molecule has 0 N–H and O–H groups in total. The molecule has 0 amide bonds. The van der Waals surface area contributed by atoms with Gasteiger partial charge in [0.2, 0.25) is 0 Å². The summed E-state index contributed by atoms with van der Waals surface area (Å²) in [6.07, 6.45) is 0. The van der Waals surface area contributed by atoms with Crippen molar-refractivity contribution in [2.24, 2.45) is 0 Å². The van der Waals surface area contributed by atoms with E-state index in [9.17, 15) is 9.59 Å². The van der Waals surface area contributed by atoms with Crippen molar-refractivity contribution in [3.63, 3.8) is 0 Å². The molecule has 0 radical (unpaired) electrons. The van der Waals surface area contributed by atoms with Crippen LogP contribution in [0.25, 0.3) is 10.6 Å². The number of hydrogen-bond donors (Lipinski definition) is 0. The van der Waals surface area contributed by atoms with Crippen molar-refractivity contribution in [1.82, 2.24) is 14.0 Å². The van der Waals surface area contributed by atoms with Gasteiger partial charge in [0, 0.05) is 34.2 Å². The Labute approximate surface area is 172 Å². The van der Waals surface area contributed by atoms with Crippen LogP contribution in [0.1, 0.15) is 38.7 Å². The van der Waals surface area contributed by atoms with Gasteiger partial charge in [0.25, 0.3) is 5.56 Å². The zero-order valence-corrected chi connectivity index (χ0v) is 17.5. The molecule has 0 atom stereocenters. The number of fused-ring (bicyclic) bond motifs is 1. The maximum absolute atomic E-state index is 12.7. The molecule has 0 spiro atoms. The van der Waals surface area contributed by atoms with E-state index < -0.39 is 5.97 Å². The second-order valence-electron chi connectivity index (χ2n) is 7.12. The van der Waals surface area contributed by atoms with E-state index in [1.54, 1.807) is 4.40 Å². The van der Waals surface area contributed by atoms with E-state index in [4.69, 9.17) is 4.74 Å². The molecule has 29 heavy (non-hydrogen) atoms. The number of ether oxygens (including phenoxy) is 1. The second-order valence-corrected chi connectivity index (χ2v) is 7.95. The van der Waals surface area contributed by atoms with E-state index in [1.807, 2.05) is 61.9 Å². The topological polar surface area (TPSA) is 65.6 Å². The first-order valence-corrected chi connectivity index (χ1v) is 10.1. The molecule has 1 aromatic carbocycles. The van der Waals surface area contributed by atoms with Crippen LogP contribution in [-0.4, -0.2) is 19.9 Å². The van der Waals surface area contributed by atoms with Crippen molar-refractivity contribution in [3.8, 4) is 5.69 Å². The fourth-order valence-electron chi connectivity index (χ4n) is 3.53. The Hall–Kier alpha value is -3.19. The van der Waals surface area contributed by atoms with Gasteiger partial charge >= 0.3 is 5.97 Å². The molecule has 148 valence electrons. The molecule has 3 heterocycles. The van der Waals surface area contributed by atoms with Gasteiger partial charge in [-0.3, -0.25) is 9.20 Å².